The Hall–Kier alpha value is -3.11. The van der Waals surface area contributed by atoms with Crippen LogP contribution in [-0.4, -0.2) is 21.2 Å². The van der Waals surface area contributed by atoms with Gasteiger partial charge in [0.1, 0.15) is 4.83 Å². The maximum absolute atomic E-state index is 13.9. The Morgan fingerprint density at radius 2 is 1.86 bits per heavy atom. The molecule has 1 aliphatic carbocycles. The highest BCUT2D eigenvalue weighted by Crippen LogP contribution is 2.36. The van der Waals surface area contributed by atoms with Crippen molar-refractivity contribution < 1.29 is 18.0 Å². The van der Waals surface area contributed by atoms with Crippen molar-refractivity contribution in [1.82, 2.24) is 9.55 Å². The average molecular weight is 544 g/mol. The van der Waals surface area contributed by atoms with Crippen LogP contribution in [0.1, 0.15) is 40.0 Å². The van der Waals surface area contributed by atoms with Crippen LogP contribution < -0.4 is 10.9 Å². The molecule has 1 aliphatic rings. The number of hydrogen-bond donors (Lipinski definition) is 1. The number of amides is 1. The molecule has 2 heterocycles. The van der Waals surface area contributed by atoms with Gasteiger partial charge in [0, 0.05) is 4.88 Å². The summed E-state index contributed by atoms with van der Waals surface area (Å²) in [5.41, 5.74) is 2.40. The fraction of sp³-hybridized carbons (Fsp3) is 0.296. The molecule has 0 fully saturated rings. The fourth-order valence-corrected chi connectivity index (χ4v) is 6.65. The van der Waals surface area contributed by atoms with Crippen molar-refractivity contribution in [2.75, 3.05) is 11.1 Å². The van der Waals surface area contributed by atoms with Crippen LogP contribution in [0.4, 0.5) is 18.9 Å². The van der Waals surface area contributed by atoms with Gasteiger partial charge >= 0.3 is 6.18 Å². The number of carbonyl (C=O) groups excluding carboxylic acids is 1. The first kappa shape index (κ1) is 25.5. The fourth-order valence-electron chi connectivity index (χ4n) is 4.53. The Balaban J connectivity index is 1.52. The van der Waals surface area contributed by atoms with Crippen molar-refractivity contribution in [3.8, 4) is 5.69 Å². The Labute approximate surface area is 219 Å². The number of para-hydroxylation sites is 1. The molecule has 1 amide bonds. The average Bonchev–Trinajstić information content (AvgIpc) is 3.23. The second-order valence-corrected chi connectivity index (χ2v) is 11.1. The lowest BCUT2D eigenvalue weighted by molar-refractivity contribution is -0.137. The molecule has 0 saturated carbocycles. The molecule has 1 N–H and O–H groups in total. The summed E-state index contributed by atoms with van der Waals surface area (Å²) in [7, 11) is 0. The third kappa shape index (κ3) is 5.04. The second kappa shape index (κ2) is 9.98. The van der Waals surface area contributed by atoms with Crippen molar-refractivity contribution in [2.45, 2.75) is 50.9 Å². The highest BCUT2D eigenvalue weighted by molar-refractivity contribution is 7.99. The van der Waals surface area contributed by atoms with Crippen LogP contribution in [0.15, 0.2) is 52.4 Å². The van der Waals surface area contributed by atoms with Gasteiger partial charge in [0.05, 0.1) is 28.1 Å². The van der Waals surface area contributed by atoms with Gasteiger partial charge in [0.2, 0.25) is 5.91 Å². The quantitative estimate of drug-likeness (QED) is 0.225. The molecule has 5 nitrogen and oxygen atoms in total. The summed E-state index contributed by atoms with van der Waals surface area (Å²) < 4.78 is 41.5. The predicted molar refractivity (Wildman–Crippen MR) is 142 cm³/mol. The molecular weight excluding hydrogens is 519 g/mol. The Morgan fingerprint density at radius 1 is 1.11 bits per heavy atom. The Morgan fingerprint density at radius 3 is 2.62 bits per heavy atom. The molecule has 2 aromatic heterocycles. The van der Waals surface area contributed by atoms with Crippen molar-refractivity contribution in [3.63, 3.8) is 0 Å². The third-order valence-electron chi connectivity index (χ3n) is 6.55. The van der Waals surface area contributed by atoms with Crippen molar-refractivity contribution in [2.24, 2.45) is 0 Å². The summed E-state index contributed by atoms with van der Waals surface area (Å²) in [5.74, 6) is -0.826. The minimum atomic E-state index is -4.59. The first-order valence-corrected chi connectivity index (χ1v) is 13.7. The molecule has 0 atom stereocenters. The first-order chi connectivity index (χ1) is 17.6. The molecule has 10 heteroatoms. The number of fused-ring (bicyclic) bond motifs is 3. The number of nitrogens with one attached hydrogen (secondary N) is 1. The van der Waals surface area contributed by atoms with Crippen LogP contribution in [0, 0.1) is 13.8 Å². The van der Waals surface area contributed by atoms with Gasteiger partial charge in [-0.3, -0.25) is 14.2 Å². The molecule has 2 aromatic carbocycles. The topological polar surface area (TPSA) is 64.0 Å². The Bertz CT molecular complexity index is 1570. The first-order valence-electron chi connectivity index (χ1n) is 11.9. The lowest BCUT2D eigenvalue weighted by atomic mass is 9.97. The molecule has 0 aliphatic heterocycles. The number of halogens is 3. The zero-order chi connectivity index (χ0) is 26.3. The van der Waals surface area contributed by atoms with E-state index in [2.05, 4.69) is 5.32 Å². The van der Waals surface area contributed by atoms with Gasteiger partial charge in [-0.2, -0.15) is 13.2 Å². The van der Waals surface area contributed by atoms with Gasteiger partial charge in [0.25, 0.3) is 5.56 Å². The Kier molecular flexibility index (Phi) is 6.89. The molecular formula is C27H24F3N3O2S2. The summed E-state index contributed by atoms with van der Waals surface area (Å²) in [4.78, 5) is 33.2. The number of thiophene rings is 1. The van der Waals surface area contributed by atoms with Crippen LogP contribution in [0.2, 0.25) is 0 Å². The predicted octanol–water partition coefficient (Wildman–Crippen LogP) is 6.69. The van der Waals surface area contributed by atoms with E-state index < -0.39 is 17.6 Å². The number of aromatic nitrogens is 2. The molecule has 192 valence electrons. The molecule has 0 saturated heterocycles. The van der Waals surface area contributed by atoms with Gasteiger partial charge < -0.3 is 5.32 Å². The number of nitrogens with zero attached hydrogens (tertiary/aromatic N) is 2. The number of thioether (sulfide) groups is 1. The van der Waals surface area contributed by atoms with E-state index in [-0.39, 0.29) is 17.0 Å². The van der Waals surface area contributed by atoms with Gasteiger partial charge in [-0.15, -0.1) is 11.3 Å². The largest absolute Gasteiger partial charge is 0.418 e. The zero-order valence-electron chi connectivity index (χ0n) is 20.2. The summed E-state index contributed by atoms with van der Waals surface area (Å²) in [6, 6.07) is 10.5. The standard InChI is InChI=1S/C27H24F3N3O2S2/c1-15-11-12-17(13-16(15)2)33-25(35)23-18-7-3-6-10-21(18)37-24(23)32-26(33)36-14-22(34)31-20-9-5-4-8-19(20)27(28,29)30/h4-5,8-9,11-13H,3,6-7,10,14H2,1-2H3,(H,31,34). The van der Waals surface area contributed by atoms with E-state index in [9.17, 15) is 22.8 Å². The van der Waals surface area contributed by atoms with Crippen LogP contribution in [0.5, 0.6) is 0 Å². The number of alkyl halides is 3. The van der Waals surface area contributed by atoms with Crippen LogP contribution in [0.25, 0.3) is 15.9 Å². The molecule has 0 unspecified atom stereocenters. The maximum atomic E-state index is 13.9. The number of benzene rings is 2. The molecule has 5 rings (SSSR count). The normalized spacial score (nSPS) is 13.5. The van der Waals surface area contributed by atoms with Gasteiger partial charge in [0.15, 0.2) is 5.16 Å². The SMILES string of the molecule is Cc1ccc(-n2c(SCC(=O)Nc3ccccc3C(F)(F)F)nc3sc4c(c3c2=O)CCCC4)cc1C. The minimum Gasteiger partial charge on any atom is -0.325 e. The molecule has 37 heavy (non-hydrogen) atoms. The zero-order valence-corrected chi connectivity index (χ0v) is 21.9. The van der Waals surface area contributed by atoms with Crippen LogP contribution in [-0.2, 0) is 23.8 Å². The van der Waals surface area contributed by atoms with E-state index in [0.717, 1.165) is 60.2 Å². The van der Waals surface area contributed by atoms with E-state index in [1.54, 1.807) is 0 Å². The minimum absolute atomic E-state index is 0.182. The number of hydrogen-bond acceptors (Lipinski definition) is 5. The molecule has 4 aromatic rings. The van der Waals surface area contributed by atoms with E-state index in [4.69, 9.17) is 4.98 Å². The summed E-state index contributed by atoms with van der Waals surface area (Å²) in [6.07, 6.45) is -0.731. The lowest BCUT2D eigenvalue weighted by Crippen LogP contribution is -2.23. The summed E-state index contributed by atoms with van der Waals surface area (Å²) >= 11 is 2.55. The van der Waals surface area contributed by atoms with E-state index in [1.165, 1.54) is 39.0 Å². The van der Waals surface area contributed by atoms with Gasteiger partial charge in [-0.25, -0.2) is 4.98 Å². The van der Waals surface area contributed by atoms with Crippen LogP contribution in [0.3, 0.4) is 0 Å². The van der Waals surface area contributed by atoms with E-state index in [0.29, 0.717) is 21.1 Å². The number of aryl methyl sites for hydroxylation is 4. The van der Waals surface area contributed by atoms with E-state index >= 15 is 0 Å². The maximum Gasteiger partial charge on any atom is 0.418 e. The smallest absolute Gasteiger partial charge is 0.325 e. The number of anilines is 1. The van der Waals surface area contributed by atoms with Crippen molar-refractivity contribution in [1.29, 1.82) is 0 Å². The molecule has 0 bridgehead atoms. The summed E-state index contributed by atoms with van der Waals surface area (Å²) in [6.45, 7) is 3.94. The highest BCUT2D eigenvalue weighted by atomic mass is 32.2. The summed E-state index contributed by atoms with van der Waals surface area (Å²) in [5, 5.41) is 3.32. The van der Waals surface area contributed by atoms with Crippen molar-refractivity contribution in [3.05, 3.63) is 79.9 Å². The van der Waals surface area contributed by atoms with Gasteiger partial charge in [-0.1, -0.05) is 30.0 Å². The number of rotatable bonds is 5. The monoisotopic (exact) mass is 543 g/mol. The van der Waals surface area contributed by atoms with E-state index in [1.807, 2.05) is 32.0 Å². The van der Waals surface area contributed by atoms with Crippen molar-refractivity contribution >= 4 is 44.9 Å². The van der Waals surface area contributed by atoms with Crippen LogP contribution >= 0.6 is 23.1 Å². The lowest BCUT2D eigenvalue weighted by Gasteiger charge is -2.15. The number of carbonyl (C=O) groups is 1. The van der Waals surface area contributed by atoms with Gasteiger partial charge in [-0.05, 0) is 80.5 Å². The second-order valence-electron chi connectivity index (χ2n) is 9.07. The third-order valence-corrected chi connectivity index (χ3v) is 8.67. The highest BCUT2D eigenvalue weighted by Gasteiger charge is 2.33. The molecule has 0 radical (unpaired) electrons. The molecule has 0 spiro atoms.